The second-order valence-electron chi connectivity index (χ2n) is 6.28. The number of hydrogen-bond acceptors (Lipinski definition) is 0. The fourth-order valence-corrected chi connectivity index (χ4v) is 3.39. The predicted octanol–water partition coefficient (Wildman–Crippen LogP) is 5.36. The van der Waals surface area contributed by atoms with E-state index in [1.807, 2.05) is 0 Å². The molecule has 0 fully saturated rings. The first-order valence-electron chi connectivity index (χ1n) is 6.69. The van der Waals surface area contributed by atoms with Crippen LogP contribution < -0.4 is 0 Å². The van der Waals surface area contributed by atoms with Gasteiger partial charge in [0.25, 0.3) is 0 Å². The summed E-state index contributed by atoms with van der Waals surface area (Å²) in [5.74, 6) is 0.634. The Balaban J connectivity index is 3.29. The van der Waals surface area contributed by atoms with Gasteiger partial charge in [-0.05, 0) is 42.1 Å². The molecule has 0 spiro atoms. The Bertz CT molecular complexity index is 305. The lowest BCUT2D eigenvalue weighted by Gasteiger charge is -2.46. The first-order valence-corrected chi connectivity index (χ1v) is 6.69. The molecule has 0 radical (unpaired) electrons. The van der Waals surface area contributed by atoms with Gasteiger partial charge in [-0.1, -0.05) is 59.3 Å². The molecule has 0 saturated carbocycles. The van der Waals surface area contributed by atoms with Crippen LogP contribution in [-0.4, -0.2) is 0 Å². The van der Waals surface area contributed by atoms with Gasteiger partial charge in [0.1, 0.15) is 0 Å². The Morgan fingerprint density at radius 2 is 1.62 bits per heavy atom. The lowest BCUT2D eigenvalue weighted by molar-refractivity contribution is 0.121. The fraction of sp³-hybridized carbons (Fsp3) is 0.750. The quantitative estimate of drug-likeness (QED) is 0.600. The van der Waals surface area contributed by atoms with Crippen LogP contribution in [0.2, 0.25) is 0 Å². The van der Waals surface area contributed by atoms with E-state index in [1.54, 1.807) is 11.1 Å². The van der Waals surface area contributed by atoms with Crippen molar-refractivity contribution in [3.05, 3.63) is 23.3 Å². The molecule has 0 amide bonds. The summed E-state index contributed by atoms with van der Waals surface area (Å²) in [5.41, 5.74) is 3.87. The van der Waals surface area contributed by atoms with Crippen LogP contribution in [0, 0.1) is 16.7 Å². The third-order valence-corrected chi connectivity index (χ3v) is 4.82. The molecular weight excluding hydrogens is 192 g/mol. The second kappa shape index (κ2) is 4.39. The summed E-state index contributed by atoms with van der Waals surface area (Å²) in [5, 5.41) is 0. The van der Waals surface area contributed by atoms with Crippen molar-refractivity contribution in [2.45, 2.75) is 61.3 Å². The normalized spacial score (nSPS) is 22.1. The zero-order chi connectivity index (χ0) is 12.6. The average molecular weight is 220 g/mol. The first kappa shape index (κ1) is 13.5. The van der Waals surface area contributed by atoms with Gasteiger partial charge in [0.05, 0.1) is 0 Å². The number of allylic oxidation sites excluding steroid dienone is 4. The summed E-state index contributed by atoms with van der Waals surface area (Å²) in [6.07, 6.45) is 7.21. The molecular formula is C16H28. The van der Waals surface area contributed by atoms with Crippen molar-refractivity contribution in [1.29, 1.82) is 0 Å². The van der Waals surface area contributed by atoms with Gasteiger partial charge in [-0.3, -0.25) is 0 Å². The van der Waals surface area contributed by atoms with Crippen LogP contribution in [0.5, 0.6) is 0 Å². The standard InChI is InChI=1S/C16H28/c1-8-16(9-2,15(5,6)7)14-11-10-12(3)13(14)4/h10-12H,8-9H2,1-7H3. The van der Waals surface area contributed by atoms with Gasteiger partial charge in [0, 0.05) is 0 Å². The zero-order valence-corrected chi connectivity index (χ0v) is 12.1. The van der Waals surface area contributed by atoms with Gasteiger partial charge in [-0.25, -0.2) is 0 Å². The van der Waals surface area contributed by atoms with Crippen molar-refractivity contribution < 1.29 is 0 Å². The summed E-state index contributed by atoms with van der Waals surface area (Å²) < 4.78 is 0. The van der Waals surface area contributed by atoms with Crippen LogP contribution in [0.15, 0.2) is 23.3 Å². The molecule has 0 aromatic rings. The summed E-state index contributed by atoms with van der Waals surface area (Å²) in [7, 11) is 0. The van der Waals surface area contributed by atoms with Crippen LogP contribution in [0.1, 0.15) is 61.3 Å². The SMILES string of the molecule is CCC(CC)(C1=C(C)C(C)C=C1)C(C)(C)C. The van der Waals surface area contributed by atoms with Crippen LogP contribution in [-0.2, 0) is 0 Å². The van der Waals surface area contributed by atoms with Crippen molar-refractivity contribution in [3.63, 3.8) is 0 Å². The Kier molecular flexibility index (Phi) is 3.72. The third-order valence-electron chi connectivity index (χ3n) is 4.82. The van der Waals surface area contributed by atoms with E-state index in [-0.39, 0.29) is 0 Å². The molecule has 0 aliphatic heterocycles. The minimum absolute atomic E-state index is 0.335. The molecule has 1 aliphatic carbocycles. The Morgan fingerprint density at radius 1 is 1.12 bits per heavy atom. The molecule has 16 heavy (non-hydrogen) atoms. The van der Waals surface area contributed by atoms with Crippen molar-refractivity contribution in [2.24, 2.45) is 16.7 Å². The van der Waals surface area contributed by atoms with E-state index in [1.165, 1.54) is 12.8 Å². The molecule has 0 bridgehead atoms. The summed E-state index contributed by atoms with van der Waals surface area (Å²) in [6.45, 7) is 16.5. The van der Waals surface area contributed by atoms with E-state index in [9.17, 15) is 0 Å². The molecule has 1 aliphatic rings. The van der Waals surface area contributed by atoms with Crippen molar-refractivity contribution in [1.82, 2.24) is 0 Å². The average Bonchev–Trinajstić information content (AvgIpc) is 2.50. The maximum Gasteiger partial charge on any atom is -0.000419 e. The summed E-state index contributed by atoms with van der Waals surface area (Å²) in [6, 6.07) is 0. The van der Waals surface area contributed by atoms with Crippen LogP contribution in [0.25, 0.3) is 0 Å². The topological polar surface area (TPSA) is 0 Å². The monoisotopic (exact) mass is 220 g/mol. The molecule has 0 heterocycles. The summed E-state index contributed by atoms with van der Waals surface area (Å²) in [4.78, 5) is 0. The lowest BCUT2D eigenvalue weighted by Crippen LogP contribution is -2.36. The fourth-order valence-electron chi connectivity index (χ4n) is 3.39. The van der Waals surface area contributed by atoms with Crippen LogP contribution >= 0.6 is 0 Å². The highest BCUT2D eigenvalue weighted by atomic mass is 14.5. The second-order valence-corrected chi connectivity index (χ2v) is 6.28. The van der Waals surface area contributed by atoms with Gasteiger partial charge in [-0.15, -0.1) is 0 Å². The molecule has 0 N–H and O–H groups in total. The van der Waals surface area contributed by atoms with Crippen LogP contribution in [0.4, 0.5) is 0 Å². The van der Waals surface area contributed by atoms with E-state index in [2.05, 4.69) is 60.6 Å². The molecule has 1 atom stereocenters. The minimum atomic E-state index is 0.335. The van der Waals surface area contributed by atoms with Gasteiger partial charge in [0.15, 0.2) is 0 Å². The third kappa shape index (κ3) is 1.87. The molecule has 0 nitrogen and oxygen atoms in total. The smallest absolute Gasteiger partial charge is 0.000419 e. The van der Waals surface area contributed by atoms with Crippen molar-refractivity contribution >= 4 is 0 Å². The van der Waals surface area contributed by atoms with Gasteiger partial charge in [-0.2, -0.15) is 0 Å². The lowest BCUT2D eigenvalue weighted by atomic mass is 9.59. The molecule has 0 aromatic heterocycles. The maximum atomic E-state index is 2.39. The van der Waals surface area contributed by atoms with E-state index in [0.717, 1.165) is 0 Å². The molecule has 0 heteroatoms. The van der Waals surface area contributed by atoms with Gasteiger partial charge >= 0.3 is 0 Å². The Hall–Kier alpha value is -0.520. The molecule has 0 aromatic carbocycles. The minimum Gasteiger partial charge on any atom is -0.0773 e. The Labute approximate surface area is 102 Å². The predicted molar refractivity (Wildman–Crippen MR) is 73.5 cm³/mol. The molecule has 1 rings (SSSR count). The van der Waals surface area contributed by atoms with Gasteiger partial charge in [0.2, 0.25) is 0 Å². The van der Waals surface area contributed by atoms with E-state index >= 15 is 0 Å². The zero-order valence-electron chi connectivity index (χ0n) is 12.1. The highest BCUT2D eigenvalue weighted by Crippen LogP contribution is 2.53. The van der Waals surface area contributed by atoms with Crippen LogP contribution in [0.3, 0.4) is 0 Å². The van der Waals surface area contributed by atoms with E-state index in [0.29, 0.717) is 16.7 Å². The first-order chi connectivity index (χ1) is 7.30. The van der Waals surface area contributed by atoms with E-state index < -0.39 is 0 Å². The highest BCUT2D eigenvalue weighted by Gasteiger charge is 2.42. The maximum absolute atomic E-state index is 2.39. The largest absolute Gasteiger partial charge is 0.0773 e. The number of rotatable bonds is 3. The molecule has 1 unspecified atom stereocenters. The molecule has 92 valence electrons. The van der Waals surface area contributed by atoms with Gasteiger partial charge < -0.3 is 0 Å². The van der Waals surface area contributed by atoms with Crippen molar-refractivity contribution in [3.8, 4) is 0 Å². The molecule has 0 saturated heterocycles. The highest BCUT2D eigenvalue weighted by molar-refractivity contribution is 5.41. The van der Waals surface area contributed by atoms with E-state index in [4.69, 9.17) is 0 Å². The summed E-state index contributed by atoms with van der Waals surface area (Å²) >= 11 is 0. The van der Waals surface area contributed by atoms with Crippen molar-refractivity contribution in [2.75, 3.05) is 0 Å². The Morgan fingerprint density at radius 3 is 1.88 bits per heavy atom. The number of hydrogen-bond donors (Lipinski definition) is 0.